The fourth-order valence-electron chi connectivity index (χ4n) is 0.957. The van der Waals surface area contributed by atoms with Gasteiger partial charge < -0.3 is 20.0 Å². The summed E-state index contributed by atoms with van der Waals surface area (Å²) in [6, 6.07) is 0. The van der Waals surface area contributed by atoms with E-state index in [9.17, 15) is 4.79 Å². The molecule has 0 unspecified atom stereocenters. The summed E-state index contributed by atoms with van der Waals surface area (Å²) in [4.78, 5) is 18.2. The van der Waals surface area contributed by atoms with Crippen LogP contribution in [0, 0.1) is 13.5 Å². The SMILES string of the molecule is Cc1ncc([CH-]NC(=O)OC(C)(C)C)[nH]1.[K+]. The molecule has 1 aromatic rings. The third-order valence-corrected chi connectivity index (χ3v) is 1.47. The standard InChI is InChI=1S/C10H16N3O2.K/c1-7-11-5-8(13-7)6-12-9(14)15-10(2,3)4;/h5-6H,1-4H3,(H,11,13)(H,12,14);/q-1;+1. The van der Waals surface area contributed by atoms with Crippen LogP contribution in [0.4, 0.5) is 4.79 Å². The Labute approximate surface area is 138 Å². The third-order valence-electron chi connectivity index (χ3n) is 1.47. The van der Waals surface area contributed by atoms with E-state index in [4.69, 9.17) is 4.74 Å². The molecule has 84 valence electrons. The number of carbonyl (C=O) groups excluding carboxylic acids is 1. The normalized spacial score (nSPS) is 10.2. The van der Waals surface area contributed by atoms with Crippen molar-refractivity contribution in [2.24, 2.45) is 0 Å². The van der Waals surface area contributed by atoms with Gasteiger partial charge in [-0.1, -0.05) is 11.9 Å². The second-order valence-corrected chi connectivity index (χ2v) is 4.21. The Bertz CT molecular complexity index is 344. The number of imidazole rings is 1. The fourth-order valence-corrected chi connectivity index (χ4v) is 0.957. The first kappa shape index (κ1) is 16.0. The summed E-state index contributed by atoms with van der Waals surface area (Å²) >= 11 is 0. The molecule has 0 aliphatic heterocycles. The van der Waals surface area contributed by atoms with Crippen LogP contribution in [0.25, 0.3) is 0 Å². The van der Waals surface area contributed by atoms with Crippen LogP contribution in [-0.2, 0) is 4.74 Å². The zero-order chi connectivity index (χ0) is 11.5. The van der Waals surface area contributed by atoms with Gasteiger partial charge in [-0.25, -0.2) is 4.79 Å². The molecule has 0 bridgehead atoms. The average molecular weight is 249 g/mol. The first-order valence-corrected chi connectivity index (χ1v) is 4.71. The van der Waals surface area contributed by atoms with Gasteiger partial charge in [0.25, 0.3) is 0 Å². The van der Waals surface area contributed by atoms with Crippen LogP contribution in [-0.4, -0.2) is 21.7 Å². The maximum absolute atomic E-state index is 11.2. The number of rotatable bonds is 2. The van der Waals surface area contributed by atoms with Crippen LogP contribution in [0.3, 0.4) is 0 Å². The van der Waals surface area contributed by atoms with E-state index in [1.807, 2.05) is 27.7 Å². The van der Waals surface area contributed by atoms with Crippen molar-refractivity contribution in [3.05, 3.63) is 24.3 Å². The van der Waals surface area contributed by atoms with Crippen LogP contribution in [0.1, 0.15) is 32.3 Å². The summed E-state index contributed by atoms with van der Waals surface area (Å²) < 4.78 is 5.05. The first-order chi connectivity index (χ1) is 6.87. The zero-order valence-corrected chi connectivity index (χ0v) is 13.5. The maximum atomic E-state index is 11.2. The number of aromatic nitrogens is 2. The number of hydrogen-bond donors (Lipinski definition) is 2. The minimum absolute atomic E-state index is 0. The Morgan fingerprint density at radius 1 is 1.56 bits per heavy atom. The number of nitrogens with zero attached hydrogens (tertiary/aromatic N) is 1. The molecule has 0 saturated heterocycles. The number of hydrogen-bond acceptors (Lipinski definition) is 3. The van der Waals surface area contributed by atoms with Crippen LogP contribution in [0.15, 0.2) is 6.20 Å². The monoisotopic (exact) mass is 249 g/mol. The number of H-pyrrole nitrogens is 1. The number of amides is 1. The van der Waals surface area contributed by atoms with Crippen LogP contribution in [0.5, 0.6) is 0 Å². The Morgan fingerprint density at radius 3 is 2.62 bits per heavy atom. The van der Waals surface area contributed by atoms with Crippen LogP contribution < -0.4 is 56.7 Å². The van der Waals surface area contributed by atoms with Crippen molar-refractivity contribution in [3.8, 4) is 0 Å². The van der Waals surface area contributed by atoms with E-state index in [0.717, 1.165) is 11.5 Å². The van der Waals surface area contributed by atoms with Gasteiger partial charge in [0.1, 0.15) is 5.60 Å². The van der Waals surface area contributed by atoms with Crippen molar-refractivity contribution in [1.29, 1.82) is 0 Å². The molecule has 0 radical (unpaired) electrons. The molecule has 1 rings (SSSR count). The first-order valence-electron chi connectivity index (χ1n) is 4.71. The second kappa shape index (κ2) is 6.66. The summed E-state index contributed by atoms with van der Waals surface area (Å²) in [6.45, 7) is 8.80. The van der Waals surface area contributed by atoms with Gasteiger partial charge in [-0.05, 0) is 27.7 Å². The number of aryl methyl sites for hydroxylation is 1. The van der Waals surface area contributed by atoms with E-state index >= 15 is 0 Å². The molecule has 0 aliphatic carbocycles. The van der Waals surface area contributed by atoms with Crippen molar-refractivity contribution in [3.63, 3.8) is 0 Å². The number of carbonyl (C=O) groups is 1. The number of ether oxygens (including phenoxy) is 1. The maximum Gasteiger partial charge on any atom is 1.00 e. The molecule has 1 aromatic heterocycles. The van der Waals surface area contributed by atoms with Crippen molar-refractivity contribution in [2.75, 3.05) is 0 Å². The van der Waals surface area contributed by atoms with Crippen molar-refractivity contribution in [2.45, 2.75) is 33.3 Å². The minimum atomic E-state index is -0.484. The predicted octanol–water partition coefficient (Wildman–Crippen LogP) is -1.24. The molecule has 0 atom stereocenters. The van der Waals surface area contributed by atoms with E-state index in [2.05, 4.69) is 15.3 Å². The molecule has 0 spiro atoms. The summed E-state index contributed by atoms with van der Waals surface area (Å²) in [5.74, 6) is 0.798. The number of nitrogens with one attached hydrogen (secondary N) is 2. The van der Waals surface area contributed by atoms with Crippen LogP contribution >= 0.6 is 0 Å². The Hall–Kier alpha value is -0.0136. The van der Waals surface area contributed by atoms with Crippen molar-refractivity contribution >= 4 is 6.09 Å². The molecule has 5 nitrogen and oxygen atoms in total. The topological polar surface area (TPSA) is 67.0 Å². The average Bonchev–Trinajstić information content (AvgIpc) is 2.45. The van der Waals surface area contributed by atoms with E-state index in [-0.39, 0.29) is 51.4 Å². The molecular formula is C10H16KN3O2. The third kappa shape index (κ3) is 6.54. The van der Waals surface area contributed by atoms with Gasteiger partial charge in [0.05, 0.1) is 5.82 Å². The van der Waals surface area contributed by atoms with Crippen molar-refractivity contribution in [1.82, 2.24) is 15.3 Å². The van der Waals surface area contributed by atoms with E-state index in [1.165, 1.54) is 6.54 Å². The molecule has 0 fully saturated rings. The molecule has 0 aromatic carbocycles. The van der Waals surface area contributed by atoms with Crippen molar-refractivity contribution < 1.29 is 60.9 Å². The van der Waals surface area contributed by atoms with Gasteiger partial charge in [0.15, 0.2) is 0 Å². The zero-order valence-electron chi connectivity index (χ0n) is 10.4. The molecule has 0 aliphatic rings. The predicted molar refractivity (Wildman–Crippen MR) is 56.1 cm³/mol. The summed E-state index contributed by atoms with van der Waals surface area (Å²) in [5.41, 5.74) is 0.250. The summed E-state index contributed by atoms with van der Waals surface area (Å²) in [6.07, 6.45) is 1.15. The van der Waals surface area contributed by atoms with Gasteiger partial charge in [-0.2, -0.15) is 0 Å². The van der Waals surface area contributed by atoms with Crippen LogP contribution in [0.2, 0.25) is 0 Å². The molecule has 1 heterocycles. The Balaban J connectivity index is 0.00000225. The molecule has 1 amide bonds. The summed E-state index contributed by atoms with van der Waals surface area (Å²) in [7, 11) is 0. The quantitative estimate of drug-likeness (QED) is 0.509. The smallest absolute Gasteiger partial charge is 0.445 e. The molecule has 6 heteroatoms. The molecule has 2 N–H and O–H groups in total. The molecular weight excluding hydrogens is 233 g/mol. The van der Waals surface area contributed by atoms with E-state index in [0.29, 0.717) is 0 Å². The minimum Gasteiger partial charge on any atom is -0.445 e. The summed E-state index contributed by atoms with van der Waals surface area (Å²) in [5, 5.41) is 2.51. The molecule has 16 heavy (non-hydrogen) atoms. The Morgan fingerprint density at radius 2 is 2.19 bits per heavy atom. The Kier molecular flexibility index (Phi) is 6.65. The number of aromatic amines is 1. The largest absolute Gasteiger partial charge is 1.00 e. The van der Waals surface area contributed by atoms with Gasteiger partial charge in [-0.15, -0.1) is 6.54 Å². The second-order valence-electron chi connectivity index (χ2n) is 4.21. The van der Waals surface area contributed by atoms with Gasteiger partial charge in [0.2, 0.25) is 0 Å². The van der Waals surface area contributed by atoms with Gasteiger partial charge in [-0.3, -0.25) is 0 Å². The number of alkyl carbamates (subject to hydrolysis) is 1. The van der Waals surface area contributed by atoms with Gasteiger partial charge >= 0.3 is 57.5 Å². The molecule has 0 saturated carbocycles. The van der Waals surface area contributed by atoms with E-state index in [1.54, 1.807) is 6.20 Å². The fraction of sp³-hybridized carbons (Fsp3) is 0.500. The van der Waals surface area contributed by atoms with Gasteiger partial charge in [0, 0.05) is 0 Å². The van der Waals surface area contributed by atoms with E-state index < -0.39 is 11.7 Å².